The van der Waals surface area contributed by atoms with E-state index >= 15 is 0 Å². The van der Waals surface area contributed by atoms with Gasteiger partial charge in [0, 0.05) is 42.9 Å². The third kappa shape index (κ3) is 3.42. The summed E-state index contributed by atoms with van der Waals surface area (Å²) < 4.78 is 61.4. The van der Waals surface area contributed by atoms with Gasteiger partial charge in [-0.15, -0.1) is 5.10 Å². The number of nitrogens with zero attached hydrogens (tertiary/aromatic N) is 4. The van der Waals surface area contributed by atoms with Gasteiger partial charge in [-0.1, -0.05) is 5.21 Å². The van der Waals surface area contributed by atoms with Gasteiger partial charge in [0.05, 0.1) is 11.2 Å². The fourth-order valence-electron chi connectivity index (χ4n) is 4.56. The molecule has 2 saturated heterocycles. The topological polar surface area (TPSA) is 83.6 Å². The molecule has 1 spiro atoms. The molecule has 3 heterocycles. The van der Waals surface area contributed by atoms with Crippen LogP contribution in [0.5, 0.6) is 0 Å². The lowest BCUT2D eigenvalue weighted by atomic mass is 9.73. The SMILES string of the molecule is OB(O)c1cc2c(nnn2-c2ccc(N3CC4(CCOCC4)C3)cc2)c(C(F)(F)F)c1F. The molecule has 32 heavy (non-hydrogen) atoms. The molecule has 2 aliphatic heterocycles. The number of alkyl halides is 3. The van der Waals surface area contributed by atoms with Gasteiger partial charge >= 0.3 is 13.3 Å². The summed E-state index contributed by atoms with van der Waals surface area (Å²) in [5.74, 6) is -1.78. The minimum absolute atomic E-state index is 0.181. The van der Waals surface area contributed by atoms with E-state index in [2.05, 4.69) is 15.2 Å². The number of fused-ring (bicyclic) bond motifs is 1. The molecule has 1 aromatic heterocycles. The molecule has 0 bridgehead atoms. The number of rotatable bonds is 3. The number of hydrogen-bond acceptors (Lipinski definition) is 6. The fourth-order valence-corrected chi connectivity index (χ4v) is 4.56. The van der Waals surface area contributed by atoms with Crippen molar-refractivity contribution in [2.75, 3.05) is 31.2 Å². The predicted molar refractivity (Wildman–Crippen MR) is 108 cm³/mol. The molecule has 2 fully saturated rings. The number of ether oxygens (including phenoxy) is 1. The van der Waals surface area contributed by atoms with Crippen LogP contribution in [-0.2, 0) is 10.9 Å². The van der Waals surface area contributed by atoms with Gasteiger partial charge in [-0.25, -0.2) is 9.07 Å². The van der Waals surface area contributed by atoms with Crippen molar-refractivity contribution in [3.63, 3.8) is 0 Å². The second-order valence-electron chi connectivity index (χ2n) is 8.38. The number of aromatic nitrogens is 3. The third-order valence-electron chi connectivity index (χ3n) is 6.33. The first-order chi connectivity index (χ1) is 15.2. The minimum Gasteiger partial charge on any atom is -0.423 e. The van der Waals surface area contributed by atoms with E-state index in [1.165, 1.54) is 0 Å². The molecule has 0 radical (unpaired) electrons. The first kappa shape index (κ1) is 21.2. The smallest absolute Gasteiger partial charge is 0.423 e. The third-order valence-corrected chi connectivity index (χ3v) is 6.33. The van der Waals surface area contributed by atoms with Gasteiger partial charge in [0.2, 0.25) is 0 Å². The molecule has 7 nitrogen and oxygen atoms in total. The van der Waals surface area contributed by atoms with E-state index in [0.717, 1.165) is 55.6 Å². The van der Waals surface area contributed by atoms with Gasteiger partial charge in [0.15, 0.2) is 0 Å². The van der Waals surface area contributed by atoms with Crippen molar-refractivity contribution >= 4 is 29.3 Å². The van der Waals surface area contributed by atoms with Gasteiger partial charge in [0.1, 0.15) is 16.9 Å². The lowest BCUT2D eigenvalue weighted by molar-refractivity contribution is -0.138. The number of benzene rings is 2. The first-order valence-corrected chi connectivity index (χ1v) is 10.1. The minimum atomic E-state index is -5.09. The predicted octanol–water partition coefficient (Wildman–Crippen LogP) is 1.87. The molecular weight excluding hydrogens is 431 g/mol. The van der Waals surface area contributed by atoms with E-state index in [9.17, 15) is 27.6 Å². The number of anilines is 1. The van der Waals surface area contributed by atoms with Crippen LogP contribution in [0.15, 0.2) is 30.3 Å². The summed E-state index contributed by atoms with van der Waals surface area (Å²) in [6, 6.07) is 7.97. The Kier molecular flexibility index (Phi) is 4.91. The first-order valence-electron chi connectivity index (χ1n) is 10.1. The Morgan fingerprint density at radius 3 is 2.25 bits per heavy atom. The lowest BCUT2D eigenvalue weighted by Crippen LogP contribution is -2.58. The maximum atomic E-state index is 14.4. The van der Waals surface area contributed by atoms with Gasteiger partial charge in [-0.05, 0) is 43.2 Å². The second kappa shape index (κ2) is 7.43. The summed E-state index contributed by atoms with van der Waals surface area (Å²) in [6.45, 7) is 3.40. The zero-order valence-electron chi connectivity index (χ0n) is 16.8. The Balaban J connectivity index is 1.48. The van der Waals surface area contributed by atoms with Crippen molar-refractivity contribution < 1.29 is 32.3 Å². The molecule has 0 aliphatic carbocycles. The van der Waals surface area contributed by atoms with Crippen LogP contribution in [-0.4, -0.2) is 58.5 Å². The summed E-state index contributed by atoms with van der Waals surface area (Å²) in [4.78, 5) is 2.23. The molecule has 0 atom stereocenters. The summed E-state index contributed by atoms with van der Waals surface area (Å²) >= 11 is 0. The molecule has 3 aromatic rings. The van der Waals surface area contributed by atoms with Crippen molar-refractivity contribution in [2.45, 2.75) is 19.0 Å². The standard InChI is InChI=1S/C20H19BF4N4O3/c22-17-14(21(30)31)9-15-18(16(17)20(23,24)25)26-27-29(15)13-3-1-12(2-4-13)28-10-19(11-28)5-7-32-8-6-19/h1-4,9,30-31H,5-8,10-11H2. The quantitative estimate of drug-likeness (QED) is 0.469. The molecule has 5 rings (SSSR count). The maximum absolute atomic E-state index is 14.4. The van der Waals surface area contributed by atoms with E-state index < -0.39 is 35.7 Å². The highest BCUT2D eigenvalue weighted by Gasteiger charge is 2.44. The molecular formula is C20H19BF4N4O3. The average molecular weight is 450 g/mol. The monoisotopic (exact) mass is 450 g/mol. The van der Waals surface area contributed by atoms with Crippen LogP contribution >= 0.6 is 0 Å². The van der Waals surface area contributed by atoms with Crippen LogP contribution < -0.4 is 10.4 Å². The maximum Gasteiger partial charge on any atom is 0.491 e. The highest BCUT2D eigenvalue weighted by molar-refractivity contribution is 6.59. The molecule has 2 N–H and O–H groups in total. The molecule has 0 saturated carbocycles. The van der Waals surface area contributed by atoms with Gasteiger partial charge in [-0.3, -0.25) is 0 Å². The van der Waals surface area contributed by atoms with Crippen LogP contribution in [0.2, 0.25) is 0 Å². The van der Waals surface area contributed by atoms with Crippen LogP contribution in [0.1, 0.15) is 18.4 Å². The summed E-state index contributed by atoms with van der Waals surface area (Å²) in [6.07, 6.45) is -3.02. The van der Waals surface area contributed by atoms with E-state index in [1.807, 2.05) is 12.1 Å². The summed E-state index contributed by atoms with van der Waals surface area (Å²) in [7, 11) is -2.42. The molecule has 0 unspecified atom stereocenters. The Morgan fingerprint density at radius 1 is 1.03 bits per heavy atom. The largest absolute Gasteiger partial charge is 0.491 e. The molecule has 2 aromatic carbocycles. The molecule has 0 amide bonds. The Labute approximate surface area is 180 Å². The normalized spacial score (nSPS) is 18.2. The average Bonchev–Trinajstić information content (AvgIpc) is 3.14. The van der Waals surface area contributed by atoms with Gasteiger partial charge in [-0.2, -0.15) is 13.2 Å². The van der Waals surface area contributed by atoms with E-state index in [4.69, 9.17) is 4.74 Å². The second-order valence-corrected chi connectivity index (χ2v) is 8.38. The number of halogens is 4. The van der Waals surface area contributed by atoms with Crippen molar-refractivity contribution in [1.82, 2.24) is 15.0 Å². The summed E-state index contributed by atoms with van der Waals surface area (Å²) in [5, 5.41) is 26.0. The van der Waals surface area contributed by atoms with Crippen LogP contribution in [0.4, 0.5) is 23.2 Å². The van der Waals surface area contributed by atoms with Crippen molar-refractivity contribution in [3.8, 4) is 5.69 Å². The van der Waals surface area contributed by atoms with Crippen molar-refractivity contribution in [2.24, 2.45) is 5.41 Å². The van der Waals surface area contributed by atoms with Crippen molar-refractivity contribution in [1.29, 1.82) is 0 Å². The molecule has 2 aliphatic rings. The van der Waals surface area contributed by atoms with E-state index in [1.54, 1.807) is 12.1 Å². The van der Waals surface area contributed by atoms with Crippen LogP contribution in [0, 0.1) is 11.2 Å². The number of hydrogen-bond donors (Lipinski definition) is 2. The zero-order valence-corrected chi connectivity index (χ0v) is 16.8. The lowest BCUT2D eigenvalue weighted by Gasteiger charge is -2.53. The summed E-state index contributed by atoms with van der Waals surface area (Å²) in [5.41, 5.74) is -1.78. The highest BCUT2D eigenvalue weighted by Crippen LogP contribution is 2.42. The van der Waals surface area contributed by atoms with Gasteiger partial charge < -0.3 is 19.7 Å². The zero-order chi connectivity index (χ0) is 22.7. The van der Waals surface area contributed by atoms with Crippen LogP contribution in [0.25, 0.3) is 16.7 Å². The van der Waals surface area contributed by atoms with E-state index in [0.29, 0.717) is 11.1 Å². The fraction of sp³-hybridized carbons (Fsp3) is 0.400. The molecule has 12 heteroatoms. The van der Waals surface area contributed by atoms with Gasteiger partial charge in [0.25, 0.3) is 0 Å². The van der Waals surface area contributed by atoms with E-state index in [-0.39, 0.29) is 5.52 Å². The van der Waals surface area contributed by atoms with Crippen LogP contribution in [0.3, 0.4) is 0 Å². The Morgan fingerprint density at radius 2 is 1.66 bits per heavy atom. The molecule has 168 valence electrons. The highest BCUT2D eigenvalue weighted by atomic mass is 19.4. The Hall–Kier alpha value is -2.70. The van der Waals surface area contributed by atoms with Crippen molar-refractivity contribution in [3.05, 3.63) is 41.7 Å². The Bertz CT molecular complexity index is 1150.